The lowest BCUT2D eigenvalue weighted by molar-refractivity contribution is 0.501. The van der Waals surface area contributed by atoms with Crippen molar-refractivity contribution in [1.82, 2.24) is 10.4 Å². The van der Waals surface area contributed by atoms with Gasteiger partial charge in [-0.05, 0) is 0 Å². The quantitative estimate of drug-likeness (QED) is 0.504. The third kappa shape index (κ3) is 0.712. The number of hydrogen-bond donors (Lipinski definition) is 1. The minimum absolute atomic E-state index is 0.961. The summed E-state index contributed by atoms with van der Waals surface area (Å²) < 4.78 is 4.11. The topological polar surface area (TPSA) is 27.6 Å². The molecule has 2 heterocycles. The highest BCUT2D eigenvalue weighted by Gasteiger charge is 2.10. The van der Waals surface area contributed by atoms with Crippen molar-refractivity contribution in [2.24, 2.45) is 4.40 Å². The standard InChI is InChI=1S/C5H5N3S/c1-2-6-8-3-4-9-7-5(1)8/h1-4,6H. The summed E-state index contributed by atoms with van der Waals surface area (Å²) in [6.07, 6.45) is 5.72. The van der Waals surface area contributed by atoms with Gasteiger partial charge in [0.05, 0.1) is 0 Å². The molecule has 0 saturated carbocycles. The summed E-state index contributed by atoms with van der Waals surface area (Å²) in [6, 6.07) is 0. The van der Waals surface area contributed by atoms with Gasteiger partial charge in [-0.1, -0.05) is 0 Å². The zero-order chi connectivity index (χ0) is 6.10. The highest BCUT2D eigenvalue weighted by Crippen LogP contribution is 2.14. The second kappa shape index (κ2) is 1.80. The average molecular weight is 139 g/mol. The maximum atomic E-state index is 4.11. The van der Waals surface area contributed by atoms with Crippen molar-refractivity contribution < 1.29 is 0 Å². The van der Waals surface area contributed by atoms with E-state index in [1.807, 2.05) is 28.9 Å². The highest BCUT2D eigenvalue weighted by atomic mass is 32.2. The predicted molar refractivity (Wildman–Crippen MR) is 38.3 cm³/mol. The second-order valence-corrected chi connectivity index (χ2v) is 2.34. The number of nitrogens with zero attached hydrogens (tertiary/aromatic N) is 2. The third-order valence-electron chi connectivity index (χ3n) is 1.11. The summed E-state index contributed by atoms with van der Waals surface area (Å²) in [7, 11) is 0. The molecule has 0 bridgehead atoms. The van der Waals surface area contributed by atoms with Crippen LogP contribution in [0.15, 0.2) is 28.3 Å². The molecule has 0 spiro atoms. The van der Waals surface area contributed by atoms with Crippen molar-refractivity contribution in [3.63, 3.8) is 0 Å². The first kappa shape index (κ1) is 4.93. The summed E-state index contributed by atoms with van der Waals surface area (Å²) >= 11 is 1.45. The number of nitrogens with one attached hydrogen (secondary N) is 1. The Morgan fingerprint density at radius 3 is 3.56 bits per heavy atom. The molecule has 1 N–H and O–H groups in total. The van der Waals surface area contributed by atoms with Crippen LogP contribution in [0, 0.1) is 0 Å². The number of fused-ring (bicyclic) bond motifs is 1. The van der Waals surface area contributed by atoms with Crippen molar-refractivity contribution in [2.45, 2.75) is 0 Å². The van der Waals surface area contributed by atoms with Gasteiger partial charge in [-0.15, -0.1) is 0 Å². The molecule has 0 fully saturated rings. The number of rotatable bonds is 0. The summed E-state index contributed by atoms with van der Waals surface area (Å²) in [4.78, 5) is 0. The Bertz CT molecular complexity index is 206. The Balaban J connectivity index is 2.29. The van der Waals surface area contributed by atoms with Crippen LogP contribution in [0.3, 0.4) is 0 Å². The maximum absolute atomic E-state index is 4.11. The van der Waals surface area contributed by atoms with E-state index in [4.69, 9.17) is 0 Å². The van der Waals surface area contributed by atoms with Gasteiger partial charge in [-0.2, -0.15) is 4.40 Å². The summed E-state index contributed by atoms with van der Waals surface area (Å²) in [5.74, 6) is 0.961. The molecule has 0 aromatic rings. The lowest BCUT2D eigenvalue weighted by atomic mass is 10.6. The van der Waals surface area contributed by atoms with E-state index in [0.717, 1.165) is 5.84 Å². The summed E-state index contributed by atoms with van der Waals surface area (Å²) in [5.41, 5.74) is 2.98. The van der Waals surface area contributed by atoms with Gasteiger partial charge in [0, 0.05) is 35.8 Å². The molecular weight excluding hydrogens is 134 g/mol. The molecule has 0 aromatic carbocycles. The number of hydrogen-bond acceptors (Lipinski definition) is 4. The SMILES string of the molecule is C1=CC2=NSC=CN2N1. The van der Waals surface area contributed by atoms with Crippen molar-refractivity contribution in [2.75, 3.05) is 0 Å². The van der Waals surface area contributed by atoms with Crippen molar-refractivity contribution in [3.8, 4) is 0 Å². The van der Waals surface area contributed by atoms with Crippen LogP contribution in [0.25, 0.3) is 0 Å². The average Bonchev–Trinajstić information content (AvgIpc) is 2.33. The monoisotopic (exact) mass is 139 g/mol. The Kier molecular flexibility index (Phi) is 0.989. The molecule has 3 nitrogen and oxygen atoms in total. The molecule has 46 valence electrons. The summed E-state index contributed by atoms with van der Waals surface area (Å²) in [5, 5.41) is 3.78. The predicted octanol–water partition coefficient (Wildman–Crippen LogP) is 0.852. The Morgan fingerprint density at radius 1 is 1.67 bits per heavy atom. The first-order valence-electron chi connectivity index (χ1n) is 2.59. The molecule has 0 aliphatic carbocycles. The van der Waals surface area contributed by atoms with Gasteiger partial charge in [0.2, 0.25) is 0 Å². The molecule has 0 atom stereocenters. The van der Waals surface area contributed by atoms with E-state index in [1.54, 1.807) is 0 Å². The van der Waals surface area contributed by atoms with Crippen molar-refractivity contribution in [1.29, 1.82) is 0 Å². The zero-order valence-corrected chi connectivity index (χ0v) is 5.43. The first-order chi connectivity index (χ1) is 4.47. The van der Waals surface area contributed by atoms with Gasteiger partial charge in [-0.3, -0.25) is 0 Å². The van der Waals surface area contributed by atoms with E-state index in [-0.39, 0.29) is 0 Å². The van der Waals surface area contributed by atoms with Crippen LogP contribution in [0.2, 0.25) is 0 Å². The molecule has 2 aliphatic heterocycles. The van der Waals surface area contributed by atoms with E-state index in [1.165, 1.54) is 11.9 Å². The number of amidine groups is 1. The van der Waals surface area contributed by atoms with Crippen LogP contribution in [-0.4, -0.2) is 10.8 Å². The van der Waals surface area contributed by atoms with E-state index >= 15 is 0 Å². The maximum Gasteiger partial charge on any atom is 0.161 e. The number of hydrazine groups is 1. The van der Waals surface area contributed by atoms with Gasteiger partial charge in [0.1, 0.15) is 0 Å². The minimum atomic E-state index is 0.961. The smallest absolute Gasteiger partial charge is 0.161 e. The Labute approximate surface area is 57.2 Å². The molecule has 4 heteroatoms. The zero-order valence-electron chi connectivity index (χ0n) is 4.61. The van der Waals surface area contributed by atoms with Gasteiger partial charge in [-0.25, -0.2) is 5.01 Å². The van der Waals surface area contributed by atoms with Crippen LogP contribution in [0.5, 0.6) is 0 Å². The van der Waals surface area contributed by atoms with Gasteiger partial charge < -0.3 is 5.43 Å². The van der Waals surface area contributed by atoms with E-state index in [2.05, 4.69) is 9.82 Å². The molecule has 0 saturated heterocycles. The van der Waals surface area contributed by atoms with E-state index < -0.39 is 0 Å². The van der Waals surface area contributed by atoms with Gasteiger partial charge in [0.15, 0.2) is 5.84 Å². The fraction of sp³-hybridized carbons (Fsp3) is 0. The third-order valence-corrected chi connectivity index (χ3v) is 1.65. The fourth-order valence-corrected chi connectivity index (χ4v) is 1.20. The minimum Gasteiger partial charge on any atom is -0.300 e. The van der Waals surface area contributed by atoms with E-state index in [0.29, 0.717) is 0 Å². The summed E-state index contributed by atoms with van der Waals surface area (Å²) in [6.45, 7) is 0. The van der Waals surface area contributed by atoms with Crippen molar-refractivity contribution in [3.05, 3.63) is 23.9 Å². The lowest BCUT2D eigenvalue weighted by Crippen LogP contribution is -2.28. The fourth-order valence-electron chi connectivity index (χ4n) is 0.705. The highest BCUT2D eigenvalue weighted by molar-refractivity contribution is 8.01. The first-order valence-corrected chi connectivity index (χ1v) is 3.43. The molecule has 0 unspecified atom stereocenters. The Hall–Kier alpha value is -0.900. The Morgan fingerprint density at radius 2 is 2.67 bits per heavy atom. The molecule has 0 amide bonds. The van der Waals surface area contributed by atoms with Crippen LogP contribution >= 0.6 is 11.9 Å². The molecule has 2 rings (SSSR count). The van der Waals surface area contributed by atoms with Gasteiger partial charge >= 0.3 is 0 Å². The lowest BCUT2D eigenvalue weighted by Gasteiger charge is -2.15. The van der Waals surface area contributed by atoms with Crippen LogP contribution in [0.1, 0.15) is 0 Å². The van der Waals surface area contributed by atoms with Crippen LogP contribution in [0.4, 0.5) is 0 Å². The van der Waals surface area contributed by atoms with Crippen LogP contribution in [-0.2, 0) is 0 Å². The normalized spacial score (nSPS) is 21.3. The van der Waals surface area contributed by atoms with Crippen LogP contribution < -0.4 is 5.43 Å². The molecule has 9 heavy (non-hydrogen) atoms. The molecule has 0 radical (unpaired) electrons. The molecule has 0 aromatic heterocycles. The molecular formula is C5H5N3S. The van der Waals surface area contributed by atoms with Gasteiger partial charge in [0.25, 0.3) is 0 Å². The molecule has 2 aliphatic rings. The second-order valence-electron chi connectivity index (χ2n) is 1.67. The van der Waals surface area contributed by atoms with E-state index in [9.17, 15) is 0 Å². The van der Waals surface area contributed by atoms with Crippen molar-refractivity contribution >= 4 is 17.8 Å². The largest absolute Gasteiger partial charge is 0.300 e.